The molecule has 7 nitrogen and oxygen atoms in total. The van der Waals surface area contributed by atoms with Gasteiger partial charge < -0.3 is 10.1 Å². The van der Waals surface area contributed by atoms with E-state index in [1.807, 2.05) is 37.3 Å². The molecule has 1 aliphatic carbocycles. The average molecular weight is 399 g/mol. The summed E-state index contributed by atoms with van der Waals surface area (Å²) in [5.74, 6) is -0.869. The van der Waals surface area contributed by atoms with Gasteiger partial charge in [-0.2, -0.15) is 0 Å². The number of fused-ring (bicyclic) bond motifs is 2. The van der Waals surface area contributed by atoms with Gasteiger partial charge in [-0.05, 0) is 44.9 Å². The van der Waals surface area contributed by atoms with E-state index in [0.29, 0.717) is 24.6 Å². The smallest absolute Gasteiger partial charge is 0.249 e. The van der Waals surface area contributed by atoms with E-state index >= 15 is 0 Å². The van der Waals surface area contributed by atoms with Gasteiger partial charge in [-0.25, -0.2) is 4.98 Å². The normalized spacial score (nSPS) is 22.4. The second-order valence-electron chi connectivity index (χ2n) is 6.95. The summed E-state index contributed by atoms with van der Waals surface area (Å²) in [6.07, 6.45) is 4.97. The summed E-state index contributed by atoms with van der Waals surface area (Å²) < 4.78 is 6.37. The summed E-state index contributed by atoms with van der Waals surface area (Å²) in [4.78, 5) is 43.5. The van der Waals surface area contributed by atoms with Crippen LogP contribution in [0.25, 0.3) is 10.2 Å². The molecule has 0 bridgehead atoms. The predicted octanol–water partition coefficient (Wildman–Crippen LogP) is 2.97. The van der Waals surface area contributed by atoms with Crippen LogP contribution >= 0.6 is 11.3 Å². The van der Waals surface area contributed by atoms with Gasteiger partial charge in [0.2, 0.25) is 17.7 Å². The number of allylic oxidation sites excluding steroid dienone is 2. The summed E-state index contributed by atoms with van der Waals surface area (Å²) in [5.41, 5.74) is 0.752. The molecule has 1 fully saturated rings. The minimum atomic E-state index is -0.878. The van der Waals surface area contributed by atoms with Crippen molar-refractivity contribution in [2.24, 2.45) is 11.8 Å². The van der Waals surface area contributed by atoms with Crippen LogP contribution in [0.4, 0.5) is 5.13 Å². The highest BCUT2D eigenvalue weighted by atomic mass is 32.1. The molecule has 2 heterocycles. The number of benzene rings is 1. The lowest BCUT2D eigenvalue weighted by atomic mass is 9.85. The number of hydrogen-bond acceptors (Lipinski definition) is 6. The molecule has 0 spiro atoms. The number of likely N-dealkylation sites (tertiary alicyclic amines) is 1. The molecule has 2 aromatic rings. The fraction of sp³-hybridized carbons (Fsp3) is 0.400. The molecule has 0 unspecified atom stereocenters. The Morgan fingerprint density at radius 3 is 2.61 bits per heavy atom. The van der Waals surface area contributed by atoms with Gasteiger partial charge in [0.05, 0.1) is 28.7 Å². The van der Waals surface area contributed by atoms with Gasteiger partial charge in [0.1, 0.15) is 11.8 Å². The lowest BCUT2D eigenvalue weighted by Gasteiger charge is -2.21. The van der Waals surface area contributed by atoms with Gasteiger partial charge in [0.25, 0.3) is 0 Å². The molecule has 146 valence electrons. The Kier molecular flexibility index (Phi) is 4.89. The minimum Gasteiger partial charge on any atom is -0.494 e. The van der Waals surface area contributed by atoms with E-state index in [-0.39, 0.29) is 23.7 Å². The van der Waals surface area contributed by atoms with Gasteiger partial charge in [0.15, 0.2) is 5.13 Å². The number of amides is 3. The molecule has 2 aliphatic rings. The lowest BCUT2D eigenvalue weighted by molar-refractivity contribution is -0.146. The van der Waals surface area contributed by atoms with Crippen LogP contribution in [0, 0.1) is 11.8 Å². The van der Waals surface area contributed by atoms with Crippen molar-refractivity contribution in [3.8, 4) is 5.75 Å². The number of rotatable bonds is 5. The van der Waals surface area contributed by atoms with E-state index in [1.54, 1.807) is 6.92 Å². The van der Waals surface area contributed by atoms with Crippen LogP contribution in [0.5, 0.6) is 5.75 Å². The molecule has 0 radical (unpaired) electrons. The Bertz CT molecular complexity index is 957. The van der Waals surface area contributed by atoms with Crippen molar-refractivity contribution < 1.29 is 19.1 Å². The second-order valence-corrected chi connectivity index (χ2v) is 7.98. The van der Waals surface area contributed by atoms with E-state index in [2.05, 4.69) is 10.3 Å². The minimum absolute atomic E-state index is 0.257. The fourth-order valence-corrected chi connectivity index (χ4v) is 4.65. The maximum Gasteiger partial charge on any atom is 0.249 e. The summed E-state index contributed by atoms with van der Waals surface area (Å²) in [6.45, 7) is 4.06. The lowest BCUT2D eigenvalue weighted by Crippen LogP contribution is -2.46. The Morgan fingerprint density at radius 2 is 1.96 bits per heavy atom. The third-order valence-corrected chi connectivity index (χ3v) is 6.14. The Hall–Kier alpha value is -2.74. The molecular formula is C20H21N3O4S. The van der Waals surface area contributed by atoms with Crippen LogP contribution in [0.1, 0.15) is 26.7 Å². The number of carbonyl (C=O) groups excluding carboxylic acids is 3. The van der Waals surface area contributed by atoms with Crippen LogP contribution in [0.2, 0.25) is 0 Å². The summed E-state index contributed by atoms with van der Waals surface area (Å²) in [5, 5.41) is 3.18. The van der Waals surface area contributed by atoms with E-state index in [4.69, 9.17) is 4.74 Å². The Balaban J connectivity index is 1.49. The van der Waals surface area contributed by atoms with Crippen LogP contribution in [0.15, 0.2) is 30.4 Å². The number of hydrogen-bond donors (Lipinski definition) is 1. The molecule has 8 heteroatoms. The van der Waals surface area contributed by atoms with Crippen LogP contribution in [0.3, 0.4) is 0 Å². The number of aromatic nitrogens is 1. The molecule has 3 amide bonds. The number of ether oxygens (including phenoxy) is 1. The van der Waals surface area contributed by atoms with Gasteiger partial charge in [-0.3, -0.25) is 19.3 Å². The first kappa shape index (κ1) is 18.6. The van der Waals surface area contributed by atoms with Gasteiger partial charge >= 0.3 is 0 Å². The first-order valence-electron chi connectivity index (χ1n) is 9.35. The zero-order valence-corrected chi connectivity index (χ0v) is 16.5. The first-order valence-corrected chi connectivity index (χ1v) is 10.2. The fourth-order valence-electron chi connectivity index (χ4n) is 3.75. The highest BCUT2D eigenvalue weighted by Gasteiger charge is 2.50. The summed E-state index contributed by atoms with van der Waals surface area (Å²) in [6, 6.07) is 4.66. The topological polar surface area (TPSA) is 88.6 Å². The molecule has 1 aromatic heterocycles. The Labute approximate surface area is 166 Å². The number of nitrogens with zero attached hydrogens (tertiary/aromatic N) is 2. The van der Waals surface area contributed by atoms with Gasteiger partial charge in [0, 0.05) is 0 Å². The molecule has 0 saturated carbocycles. The monoisotopic (exact) mass is 399 g/mol. The quantitative estimate of drug-likeness (QED) is 0.617. The van der Waals surface area contributed by atoms with Crippen molar-refractivity contribution in [1.29, 1.82) is 0 Å². The van der Waals surface area contributed by atoms with E-state index < -0.39 is 11.9 Å². The molecule has 28 heavy (non-hydrogen) atoms. The third kappa shape index (κ3) is 3.17. The van der Waals surface area contributed by atoms with Crippen molar-refractivity contribution >= 4 is 44.4 Å². The second kappa shape index (κ2) is 7.35. The standard InChI is InChI=1S/C20H21N3O4S/c1-3-27-12-8-9-15-16(10-12)28-20(21-15)22-17(24)11(2)23-18(25)13-6-4-5-7-14(13)19(23)26/h4-5,8-11,13-14H,3,6-7H2,1-2H3,(H,21,22,24)/t11-,13-,14-/m0/s1. The number of carbonyl (C=O) groups is 3. The van der Waals surface area contributed by atoms with Gasteiger partial charge in [-0.15, -0.1) is 0 Å². The van der Waals surface area contributed by atoms with E-state index in [1.165, 1.54) is 11.3 Å². The van der Waals surface area contributed by atoms with Crippen molar-refractivity contribution in [3.05, 3.63) is 30.4 Å². The van der Waals surface area contributed by atoms with Crippen molar-refractivity contribution in [2.45, 2.75) is 32.7 Å². The van der Waals surface area contributed by atoms with Crippen LogP contribution < -0.4 is 10.1 Å². The number of nitrogens with one attached hydrogen (secondary N) is 1. The average Bonchev–Trinajstić information content (AvgIpc) is 3.20. The SMILES string of the molecule is CCOc1ccc2nc(NC(=O)[C@H](C)N3C(=O)[C@H]4CC=CC[C@@H]4C3=O)sc2c1. The zero-order valence-electron chi connectivity index (χ0n) is 15.7. The van der Waals surface area contributed by atoms with Crippen molar-refractivity contribution in [1.82, 2.24) is 9.88 Å². The maximum atomic E-state index is 12.7. The first-order chi connectivity index (χ1) is 13.5. The largest absolute Gasteiger partial charge is 0.494 e. The molecule has 1 aromatic carbocycles. The molecular weight excluding hydrogens is 378 g/mol. The predicted molar refractivity (Wildman–Crippen MR) is 106 cm³/mol. The molecule has 4 rings (SSSR count). The van der Waals surface area contributed by atoms with Crippen LogP contribution in [-0.4, -0.2) is 40.3 Å². The third-order valence-electron chi connectivity index (χ3n) is 5.21. The van der Waals surface area contributed by atoms with Crippen molar-refractivity contribution in [3.63, 3.8) is 0 Å². The van der Waals surface area contributed by atoms with Crippen molar-refractivity contribution in [2.75, 3.05) is 11.9 Å². The number of anilines is 1. The van der Waals surface area contributed by atoms with E-state index in [9.17, 15) is 14.4 Å². The summed E-state index contributed by atoms with van der Waals surface area (Å²) >= 11 is 1.33. The molecule has 1 saturated heterocycles. The Morgan fingerprint density at radius 1 is 1.29 bits per heavy atom. The van der Waals surface area contributed by atoms with E-state index in [0.717, 1.165) is 20.9 Å². The number of thiazole rings is 1. The summed E-state index contributed by atoms with van der Waals surface area (Å²) in [7, 11) is 0. The van der Waals surface area contributed by atoms with Gasteiger partial charge in [-0.1, -0.05) is 23.5 Å². The molecule has 1 N–H and O–H groups in total. The molecule has 3 atom stereocenters. The van der Waals surface area contributed by atoms with Crippen LogP contribution in [-0.2, 0) is 14.4 Å². The maximum absolute atomic E-state index is 12.7. The highest BCUT2D eigenvalue weighted by Crippen LogP contribution is 2.36. The number of imide groups is 1. The zero-order chi connectivity index (χ0) is 19.8. The molecule has 1 aliphatic heterocycles. The highest BCUT2D eigenvalue weighted by molar-refractivity contribution is 7.22.